The molecule has 3 aromatic rings. The fourth-order valence-corrected chi connectivity index (χ4v) is 4.85. The number of aromatic amines is 1. The molecule has 0 saturated carbocycles. The van der Waals surface area contributed by atoms with Crippen LogP contribution in [-0.4, -0.2) is 44.4 Å². The number of benzene rings is 2. The third-order valence-corrected chi connectivity index (χ3v) is 6.84. The molecular formula is C19H21N3O4S. The van der Waals surface area contributed by atoms with Crippen molar-refractivity contribution in [3.05, 3.63) is 59.1 Å². The maximum Gasteiger partial charge on any atom is 0.417 e. The van der Waals surface area contributed by atoms with Crippen molar-refractivity contribution in [3.63, 3.8) is 0 Å². The number of sulfonamides is 1. The monoisotopic (exact) mass is 387 g/mol. The van der Waals surface area contributed by atoms with Crippen molar-refractivity contribution in [2.45, 2.75) is 11.3 Å². The van der Waals surface area contributed by atoms with E-state index in [0.717, 1.165) is 19.5 Å². The number of oxazole rings is 1. The van der Waals surface area contributed by atoms with Gasteiger partial charge in [0.15, 0.2) is 5.58 Å². The van der Waals surface area contributed by atoms with Gasteiger partial charge in [-0.25, -0.2) is 17.5 Å². The average molecular weight is 387 g/mol. The lowest BCUT2D eigenvalue weighted by atomic mass is 10.1. The molecule has 1 saturated heterocycles. The Kier molecular flexibility index (Phi) is 4.53. The van der Waals surface area contributed by atoms with Gasteiger partial charge in [0.1, 0.15) is 0 Å². The smallest absolute Gasteiger partial charge is 0.408 e. The van der Waals surface area contributed by atoms with Crippen molar-refractivity contribution >= 4 is 26.8 Å². The van der Waals surface area contributed by atoms with Gasteiger partial charge in [0.25, 0.3) is 0 Å². The van der Waals surface area contributed by atoms with Gasteiger partial charge in [-0.2, -0.15) is 0 Å². The molecular weight excluding hydrogens is 366 g/mol. The zero-order chi connectivity index (χ0) is 19.0. The van der Waals surface area contributed by atoms with E-state index in [0.29, 0.717) is 12.1 Å². The van der Waals surface area contributed by atoms with Gasteiger partial charge >= 0.3 is 5.76 Å². The summed E-state index contributed by atoms with van der Waals surface area (Å²) in [7, 11) is -2.06. The van der Waals surface area contributed by atoms with Gasteiger partial charge in [0, 0.05) is 38.4 Å². The van der Waals surface area contributed by atoms with Crippen LogP contribution in [0, 0.1) is 5.92 Å². The van der Waals surface area contributed by atoms with Crippen molar-refractivity contribution < 1.29 is 12.8 Å². The standard InChI is InChI=1S/C19H21N3O4S/c1-21(12-14-9-10-22(13-14)15-5-3-2-4-6-15)27(24,25)16-7-8-17-18(11-16)26-19(23)20-17/h2-8,11,14H,9-10,12-13H2,1H3,(H,20,23). The Hall–Kier alpha value is -2.58. The molecule has 8 heteroatoms. The van der Waals surface area contributed by atoms with E-state index in [9.17, 15) is 13.2 Å². The van der Waals surface area contributed by atoms with Gasteiger partial charge in [-0.3, -0.25) is 4.98 Å². The Morgan fingerprint density at radius 2 is 2.00 bits per heavy atom. The zero-order valence-electron chi connectivity index (χ0n) is 15.0. The minimum absolute atomic E-state index is 0.123. The van der Waals surface area contributed by atoms with Gasteiger partial charge < -0.3 is 9.32 Å². The van der Waals surface area contributed by atoms with E-state index in [-0.39, 0.29) is 16.4 Å². The van der Waals surface area contributed by atoms with Crippen molar-refractivity contribution in [1.29, 1.82) is 0 Å². The quantitative estimate of drug-likeness (QED) is 0.726. The first-order chi connectivity index (χ1) is 12.9. The first kappa shape index (κ1) is 17.8. The molecule has 7 nitrogen and oxygen atoms in total. The molecule has 0 aliphatic carbocycles. The molecule has 4 rings (SSSR count). The lowest BCUT2D eigenvalue weighted by Gasteiger charge is -2.22. The van der Waals surface area contributed by atoms with Crippen LogP contribution in [0.4, 0.5) is 5.69 Å². The molecule has 27 heavy (non-hydrogen) atoms. The van der Waals surface area contributed by atoms with E-state index in [4.69, 9.17) is 4.42 Å². The molecule has 1 unspecified atom stereocenters. The van der Waals surface area contributed by atoms with Crippen LogP contribution >= 0.6 is 0 Å². The second kappa shape index (κ2) is 6.86. The van der Waals surface area contributed by atoms with E-state index in [1.54, 1.807) is 13.1 Å². The molecule has 0 bridgehead atoms. The molecule has 2 heterocycles. The van der Waals surface area contributed by atoms with Gasteiger partial charge in [-0.15, -0.1) is 0 Å². The fraction of sp³-hybridized carbons (Fsp3) is 0.316. The number of nitrogens with zero attached hydrogens (tertiary/aromatic N) is 2. The predicted octanol–water partition coefficient (Wildman–Crippen LogP) is 2.27. The Labute approximate surface area is 157 Å². The number of hydrogen-bond acceptors (Lipinski definition) is 5. The van der Waals surface area contributed by atoms with Crippen molar-refractivity contribution in [1.82, 2.24) is 9.29 Å². The van der Waals surface area contributed by atoms with Crippen LogP contribution in [0.3, 0.4) is 0 Å². The van der Waals surface area contributed by atoms with E-state index in [1.807, 2.05) is 18.2 Å². The zero-order valence-corrected chi connectivity index (χ0v) is 15.8. The Balaban J connectivity index is 1.48. The first-order valence-electron chi connectivity index (χ1n) is 8.83. The fourth-order valence-electron chi connectivity index (χ4n) is 3.58. The van der Waals surface area contributed by atoms with Crippen molar-refractivity contribution in [2.75, 3.05) is 31.6 Å². The number of rotatable bonds is 5. The second-order valence-corrected chi connectivity index (χ2v) is 8.94. The Morgan fingerprint density at radius 1 is 1.22 bits per heavy atom. The summed E-state index contributed by atoms with van der Waals surface area (Å²) in [5.41, 5.74) is 1.89. The summed E-state index contributed by atoms with van der Waals surface area (Å²) in [5, 5.41) is 0. The topological polar surface area (TPSA) is 86.6 Å². The van der Waals surface area contributed by atoms with Gasteiger partial charge in [-0.1, -0.05) is 18.2 Å². The minimum atomic E-state index is -3.65. The molecule has 1 aliphatic rings. The number of para-hydroxylation sites is 1. The molecule has 1 aliphatic heterocycles. The maximum absolute atomic E-state index is 12.9. The van der Waals surface area contributed by atoms with Crippen LogP contribution in [0.25, 0.3) is 11.1 Å². The number of H-pyrrole nitrogens is 1. The summed E-state index contributed by atoms with van der Waals surface area (Å²) in [6.07, 6.45) is 0.945. The molecule has 0 radical (unpaired) electrons. The molecule has 142 valence electrons. The molecule has 1 N–H and O–H groups in total. The Morgan fingerprint density at radius 3 is 2.78 bits per heavy atom. The number of anilines is 1. The van der Waals surface area contributed by atoms with Crippen LogP contribution in [0.5, 0.6) is 0 Å². The molecule has 1 atom stereocenters. The average Bonchev–Trinajstić information content (AvgIpc) is 3.27. The van der Waals surface area contributed by atoms with Gasteiger partial charge in [0.05, 0.1) is 10.4 Å². The summed E-state index contributed by atoms with van der Waals surface area (Å²) in [5.74, 6) is -0.334. The SMILES string of the molecule is CN(CC1CCN(c2ccccc2)C1)S(=O)(=O)c1ccc2[nH]c(=O)oc2c1. The van der Waals surface area contributed by atoms with Crippen LogP contribution in [-0.2, 0) is 10.0 Å². The molecule has 2 aromatic carbocycles. The molecule has 1 aromatic heterocycles. The molecule has 1 fully saturated rings. The highest BCUT2D eigenvalue weighted by Crippen LogP contribution is 2.26. The minimum Gasteiger partial charge on any atom is -0.408 e. The van der Waals surface area contributed by atoms with Gasteiger partial charge in [0.2, 0.25) is 10.0 Å². The number of fused-ring (bicyclic) bond motifs is 1. The first-order valence-corrected chi connectivity index (χ1v) is 10.3. The third-order valence-electron chi connectivity index (χ3n) is 5.02. The normalized spacial score (nSPS) is 17.9. The number of aromatic nitrogens is 1. The Bertz CT molecular complexity index is 1100. The van der Waals surface area contributed by atoms with Crippen molar-refractivity contribution in [3.8, 4) is 0 Å². The summed E-state index contributed by atoms with van der Waals surface area (Å²) in [6, 6.07) is 14.6. The van der Waals surface area contributed by atoms with Crippen LogP contribution < -0.4 is 10.7 Å². The summed E-state index contributed by atoms with van der Waals surface area (Å²) < 4.78 is 32.2. The summed E-state index contributed by atoms with van der Waals surface area (Å²) in [6.45, 7) is 2.19. The van der Waals surface area contributed by atoms with E-state index in [1.165, 1.54) is 22.1 Å². The third kappa shape index (κ3) is 3.50. The second-order valence-electron chi connectivity index (χ2n) is 6.89. The van der Waals surface area contributed by atoms with Crippen LogP contribution in [0.1, 0.15) is 6.42 Å². The highest BCUT2D eigenvalue weighted by atomic mass is 32.2. The van der Waals surface area contributed by atoms with Gasteiger partial charge in [-0.05, 0) is 36.6 Å². The lowest BCUT2D eigenvalue weighted by Crippen LogP contribution is -2.33. The largest absolute Gasteiger partial charge is 0.417 e. The lowest BCUT2D eigenvalue weighted by molar-refractivity contribution is 0.401. The maximum atomic E-state index is 12.9. The molecule has 0 spiro atoms. The van der Waals surface area contributed by atoms with Crippen LogP contribution in [0.2, 0.25) is 0 Å². The van der Waals surface area contributed by atoms with Crippen molar-refractivity contribution in [2.24, 2.45) is 5.92 Å². The number of nitrogens with one attached hydrogen (secondary N) is 1. The predicted molar refractivity (Wildman–Crippen MR) is 103 cm³/mol. The van der Waals surface area contributed by atoms with E-state index >= 15 is 0 Å². The number of hydrogen-bond donors (Lipinski definition) is 1. The molecule has 0 amide bonds. The van der Waals surface area contributed by atoms with E-state index in [2.05, 4.69) is 22.0 Å². The summed E-state index contributed by atoms with van der Waals surface area (Å²) >= 11 is 0. The van der Waals surface area contributed by atoms with E-state index < -0.39 is 15.8 Å². The van der Waals surface area contributed by atoms with Crippen LogP contribution in [0.15, 0.2) is 62.6 Å². The highest BCUT2D eigenvalue weighted by molar-refractivity contribution is 7.89. The summed E-state index contributed by atoms with van der Waals surface area (Å²) in [4.78, 5) is 16.2. The highest BCUT2D eigenvalue weighted by Gasteiger charge is 2.29.